The van der Waals surface area contributed by atoms with Crippen LogP contribution < -0.4 is 0 Å². The third kappa shape index (κ3) is 1.93. The van der Waals surface area contributed by atoms with Gasteiger partial charge in [-0.05, 0) is 13.8 Å². The van der Waals surface area contributed by atoms with E-state index < -0.39 is 0 Å². The largest absolute Gasteiger partial charge is 0.396 e. The Hall–Kier alpha value is -0.120. The number of aliphatic hydroxyl groups is 1. The standard InChI is InChI=1S/C12H26N2O/c1-12(2)14-8-5-13(6-9-14,7-10-14)4-3-11-15/h12,15H,3-11H2,1-2H3/q+2. The second-order valence-corrected chi connectivity index (χ2v) is 5.80. The summed E-state index contributed by atoms with van der Waals surface area (Å²) in [6.07, 6.45) is 0.988. The van der Waals surface area contributed by atoms with E-state index in [1.165, 1.54) is 54.8 Å². The zero-order valence-corrected chi connectivity index (χ0v) is 10.3. The molecule has 1 N–H and O–H groups in total. The van der Waals surface area contributed by atoms with Gasteiger partial charge in [0.2, 0.25) is 0 Å². The Morgan fingerprint density at radius 1 is 1.00 bits per heavy atom. The van der Waals surface area contributed by atoms with E-state index in [2.05, 4.69) is 13.8 Å². The molecule has 3 fully saturated rings. The molecule has 3 rings (SSSR count). The molecule has 0 aliphatic carbocycles. The molecule has 3 nitrogen and oxygen atoms in total. The minimum atomic E-state index is 0.365. The number of piperazine rings is 3. The van der Waals surface area contributed by atoms with Gasteiger partial charge in [0.25, 0.3) is 0 Å². The maximum atomic E-state index is 8.94. The van der Waals surface area contributed by atoms with Crippen LogP contribution in [0.3, 0.4) is 0 Å². The summed E-state index contributed by atoms with van der Waals surface area (Å²) in [5.41, 5.74) is 0. The van der Waals surface area contributed by atoms with Gasteiger partial charge in [0, 0.05) is 13.0 Å². The molecule has 0 radical (unpaired) electrons. The summed E-state index contributed by atoms with van der Waals surface area (Å²) in [5, 5.41) is 8.94. The normalized spacial score (nSPS) is 40.0. The van der Waals surface area contributed by atoms with Crippen LogP contribution in [-0.4, -0.2) is 72.5 Å². The molecular weight excluding hydrogens is 188 g/mol. The number of quaternary nitrogens is 2. The summed E-state index contributed by atoms with van der Waals surface area (Å²) in [4.78, 5) is 0. The molecule has 3 saturated heterocycles. The average Bonchev–Trinajstić information content (AvgIpc) is 2.29. The van der Waals surface area contributed by atoms with Crippen molar-refractivity contribution in [2.75, 3.05) is 52.4 Å². The maximum absolute atomic E-state index is 8.94. The van der Waals surface area contributed by atoms with E-state index in [0.29, 0.717) is 6.61 Å². The summed E-state index contributed by atoms with van der Waals surface area (Å²) in [7, 11) is 0. The summed E-state index contributed by atoms with van der Waals surface area (Å²) in [5.74, 6) is 0. The second kappa shape index (κ2) is 4.04. The molecule has 0 atom stereocenters. The number of hydrogen-bond acceptors (Lipinski definition) is 1. The summed E-state index contributed by atoms with van der Waals surface area (Å²) in [6.45, 7) is 14.4. The van der Waals surface area contributed by atoms with E-state index >= 15 is 0 Å². The summed E-state index contributed by atoms with van der Waals surface area (Å²) < 4.78 is 2.66. The minimum absolute atomic E-state index is 0.365. The first kappa shape index (κ1) is 11.4. The first-order valence-electron chi connectivity index (χ1n) is 6.44. The van der Waals surface area contributed by atoms with Crippen LogP contribution >= 0.6 is 0 Å². The molecule has 15 heavy (non-hydrogen) atoms. The van der Waals surface area contributed by atoms with Gasteiger partial charge in [0.1, 0.15) is 39.3 Å². The van der Waals surface area contributed by atoms with Crippen LogP contribution in [0.4, 0.5) is 0 Å². The van der Waals surface area contributed by atoms with Crippen LogP contribution in [0.15, 0.2) is 0 Å². The second-order valence-electron chi connectivity index (χ2n) is 5.80. The van der Waals surface area contributed by atoms with Crippen LogP contribution in [0.5, 0.6) is 0 Å². The zero-order valence-electron chi connectivity index (χ0n) is 10.3. The number of aliphatic hydroxyl groups excluding tert-OH is 1. The number of hydrogen-bond donors (Lipinski definition) is 1. The van der Waals surface area contributed by atoms with Crippen LogP contribution in [0.25, 0.3) is 0 Å². The van der Waals surface area contributed by atoms with Gasteiger partial charge < -0.3 is 14.1 Å². The van der Waals surface area contributed by atoms with E-state index in [1.807, 2.05) is 0 Å². The zero-order chi connectivity index (χ0) is 10.9. The lowest BCUT2D eigenvalue weighted by Gasteiger charge is -2.57. The highest BCUT2D eigenvalue weighted by atomic mass is 16.3. The molecular formula is C12H26N2O+2. The monoisotopic (exact) mass is 214 g/mol. The van der Waals surface area contributed by atoms with E-state index in [1.54, 1.807) is 0 Å². The van der Waals surface area contributed by atoms with Crippen molar-refractivity contribution in [2.24, 2.45) is 0 Å². The molecule has 0 aromatic rings. The minimum Gasteiger partial charge on any atom is -0.396 e. The lowest BCUT2D eigenvalue weighted by Crippen LogP contribution is -2.76. The van der Waals surface area contributed by atoms with Gasteiger partial charge in [-0.3, -0.25) is 0 Å². The molecule has 0 amide bonds. The molecule has 2 bridgehead atoms. The molecule has 0 aromatic carbocycles. The molecule has 3 aliphatic heterocycles. The molecule has 3 heterocycles. The molecule has 0 aromatic heterocycles. The Kier molecular flexibility index (Phi) is 3.06. The van der Waals surface area contributed by atoms with Gasteiger partial charge in [-0.1, -0.05) is 0 Å². The Morgan fingerprint density at radius 2 is 1.53 bits per heavy atom. The number of nitrogens with zero attached hydrogens (tertiary/aromatic N) is 2. The van der Waals surface area contributed by atoms with Crippen molar-refractivity contribution in [1.82, 2.24) is 0 Å². The van der Waals surface area contributed by atoms with Crippen molar-refractivity contribution in [3.8, 4) is 0 Å². The van der Waals surface area contributed by atoms with Crippen LogP contribution in [-0.2, 0) is 0 Å². The van der Waals surface area contributed by atoms with E-state index in [0.717, 1.165) is 12.5 Å². The summed E-state index contributed by atoms with van der Waals surface area (Å²) >= 11 is 0. The van der Waals surface area contributed by atoms with Crippen molar-refractivity contribution in [3.63, 3.8) is 0 Å². The van der Waals surface area contributed by atoms with Gasteiger partial charge in [0.15, 0.2) is 0 Å². The molecule has 3 aliphatic rings. The lowest BCUT2D eigenvalue weighted by molar-refractivity contribution is -1.09. The van der Waals surface area contributed by atoms with Crippen molar-refractivity contribution >= 4 is 0 Å². The molecule has 0 unspecified atom stereocenters. The van der Waals surface area contributed by atoms with E-state index in [4.69, 9.17) is 5.11 Å². The lowest BCUT2D eigenvalue weighted by atomic mass is 10.0. The Morgan fingerprint density at radius 3 is 1.93 bits per heavy atom. The predicted molar refractivity (Wildman–Crippen MR) is 61.4 cm³/mol. The fourth-order valence-electron chi connectivity index (χ4n) is 3.42. The highest BCUT2D eigenvalue weighted by Crippen LogP contribution is 2.29. The highest BCUT2D eigenvalue weighted by Gasteiger charge is 2.49. The van der Waals surface area contributed by atoms with Gasteiger partial charge in [-0.25, -0.2) is 0 Å². The molecule has 88 valence electrons. The molecule has 3 heteroatoms. The van der Waals surface area contributed by atoms with Gasteiger partial charge in [-0.15, -0.1) is 0 Å². The fraction of sp³-hybridized carbons (Fsp3) is 1.00. The third-order valence-corrected chi connectivity index (χ3v) is 4.95. The predicted octanol–water partition coefficient (Wildman–Crippen LogP) is 0.438. The average molecular weight is 214 g/mol. The Balaban J connectivity index is 1.98. The fourth-order valence-corrected chi connectivity index (χ4v) is 3.42. The van der Waals surface area contributed by atoms with E-state index in [9.17, 15) is 0 Å². The summed E-state index contributed by atoms with van der Waals surface area (Å²) in [6, 6.07) is 0.797. The van der Waals surface area contributed by atoms with Crippen molar-refractivity contribution in [1.29, 1.82) is 0 Å². The first-order valence-corrected chi connectivity index (χ1v) is 6.44. The van der Waals surface area contributed by atoms with Gasteiger partial charge >= 0.3 is 0 Å². The van der Waals surface area contributed by atoms with Crippen LogP contribution in [0.2, 0.25) is 0 Å². The Labute approximate surface area is 93.5 Å². The number of rotatable bonds is 4. The smallest absolute Gasteiger partial charge is 0.129 e. The molecule has 0 spiro atoms. The van der Waals surface area contributed by atoms with Crippen LogP contribution in [0.1, 0.15) is 20.3 Å². The quantitative estimate of drug-likeness (QED) is 0.673. The number of fused-ring (bicyclic) bond motifs is 3. The molecule has 0 saturated carbocycles. The highest BCUT2D eigenvalue weighted by molar-refractivity contribution is 4.64. The van der Waals surface area contributed by atoms with Gasteiger partial charge in [-0.2, -0.15) is 0 Å². The van der Waals surface area contributed by atoms with Crippen molar-refractivity contribution < 1.29 is 14.1 Å². The Bertz CT molecular complexity index is 203. The van der Waals surface area contributed by atoms with Crippen molar-refractivity contribution in [2.45, 2.75) is 26.3 Å². The van der Waals surface area contributed by atoms with Crippen molar-refractivity contribution in [3.05, 3.63) is 0 Å². The first-order chi connectivity index (χ1) is 7.13. The maximum Gasteiger partial charge on any atom is 0.129 e. The topological polar surface area (TPSA) is 20.2 Å². The van der Waals surface area contributed by atoms with Gasteiger partial charge in [0.05, 0.1) is 12.6 Å². The SMILES string of the molecule is CC(C)[N+]12CC[N+](CCCO)(CC1)CC2. The third-order valence-electron chi connectivity index (χ3n) is 4.95. The van der Waals surface area contributed by atoms with Crippen LogP contribution in [0, 0.1) is 0 Å². The van der Waals surface area contributed by atoms with E-state index in [-0.39, 0.29) is 0 Å².